The number of benzene rings is 1. The second-order valence-electron chi connectivity index (χ2n) is 7.04. The van der Waals surface area contributed by atoms with E-state index >= 15 is 0 Å². The maximum Gasteiger partial charge on any atom is 0.259 e. The summed E-state index contributed by atoms with van der Waals surface area (Å²) in [5.41, 5.74) is 2.48. The third-order valence-corrected chi connectivity index (χ3v) is 5.63. The maximum atomic E-state index is 12.5. The van der Waals surface area contributed by atoms with Gasteiger partial charge in [-0.25, -0.2) is 9.97 Å². The molecule has 3 aromatic rings. The molecule has 1 aliphatic rings. The van der Waals surface area contributed by atoms with Crippen LogP contribution in [0.4, 0.5) is 5.13 Å². The summed E-state index contributed by atoms with van der Waals surface area (Å²) in [5.74, 6) is 0.238. The second kappa shape index (κ2) is 9.80. The smallest absolute Gasteiger partial charge is 0.259 e. The van der Waals surface area contributed by atoms with Gasteiger partial charge in [-0.3, -0.25) is 15.0 Å². The van der Waals surface area contributed by atoms with Gasteiger partial charge in [-0.15, -0.1) is 11.3 Å². The normalized spacial score (nSPS) is 15.5. The van der Waals surface area contributed by atoms with Crippen LogP contribution >= 0.6 is 11.3 Å². The summed E-state index contributed by atoms with van der Waals surface area (Å²) in [4.78, 5) is 23.6. The van der Waals surface area contributed by atoms with Crippen molar-refractivity contribution in [3.63, 3.8) is 0 Å². The van der Waals surface area contributed by atoms with Crippen LogP contribution < -0.4 is 10.1 Å². The van der Waals surface area contributed by atoms with Crippen molar-refractivity contribution in [3.8, 4) is 5.88 Å². The molecule has 1 atom stereocenters. The van der Waals surface area contributed by atoms with Crippen LogP contribution in [0.25, 0.3) is 0 Å². The molecular formula is C22H24N4O3S. The third-order valence-electron chi connectivity index (χ3n) is 4.83. The molecule has 30 heavy (non-hydrogen) atoms. The zero-order chi connectivity index (χ0) is 20.8. The highest BCUT2D eigenvalue weighted by Gasteiger charge is 2.15. The Labute approximate surface area is 179 Å². The number of anilines is 1. The van der Waals surface area contributed by atoms with Crippen LogP contribution in [0.2, 0.25) is 0 Å². The number of carbonyl (C=O) groups is 1. The zero-order valence-corrected chi connectivity index (χ0v) is 17.6. The first-order valence-corrected chi connectivity index (χ1v) is 10.8. The Bertz CT molecular complexity index is 956. The highest BCUT2D eigenvalue weighted by molar-refractivity contribution is 7.13. The molecule has 1 N–H and O–H groups in total. The van der Waals surface area contributed by atoms with E-state index in [1.807, 2.05) is 42.6 Å². The molecule has 1 unspecified atom stereocenters. The fourth-order valence-corrected chi connectivity index (χ4v) is 3.85. The summed E-state index contributed by atoms with van der Waals surface area (Å²) in [6.07, 6.45) is 1.39. The van der Waals surface area contributed by atoms with Crippen LogP contribution in [-0.2, 0) is 11.3 Å². The number of thiazole rings is 1. The van der Waals surface area contributed by atoms with Gasteiger partial charge in [0.25, 0.3) is 5.91 Å². The molecule has 1 aromatic carbocycles. The lowest BCUT2D eigenvalue weighted by atomic mass is 10.1. The van der Waals surface area contributed by atoms with Gasteiger partial charge in [-0.2, -0.15) is 0 Å². The van der Waals surface area contributed by atoms with Gasteiger partial charge in [0, 0.05) is 37.3 Å². The molecule has 1 aliphatic heterocycles. The van der Waals surface area contributed by atoms with Crippen molar-refractivity contribution in [2.24, 2.45) is 0 Å². The molecule has 4 rings (SSSR count). The first-order chi connectivity index (χ1) is 14.7. The molecule has 156 valence electrons. The SMILES string of the molecule is CC(Oc1ccc(C(=O)Nc2nc(CN3CCOCC3)cs2)cn1)c1ccccc1. The van der Waals surface area contributed by atoms with Gasteiger partial charge in [0.1, 0.15) is 6.10 Å². The standard InChI is InChI=1S/C22H24N4O3S/c1-16(17-5-3-2-4-6-17)29-20-8-7-18(13-23-20)21(27)25-22-24-19(15-30-22)14-26-9-11-28-12-10-26/h2-8,13,15-16H,9-12,14H2,1H3,(H,24,25,27). The lowest BCUT2D eigenvalue weighted by Crippen LogP contribution is -2.35. The number of carbonyl (C=O) groups excluding carboxylic acids is 1. The van der Waals surface area contributed by atoms with E-state index < -0.39 is 0 Å². The summed E-state index contributed by atoms with van der Waals surface area (Å²) < 4.78 is 11.2. The Kier molecular flexibility index (Phi) is 6.68. The number of rotatable bonds is 7. The highest BCUT2D eigenvalue weighted by Crippen LogP contribution is 2.21. The fraction of sp³-hybridized carbons (Fsp3) is 0.318. The van der Waals surface area contributed by atoms with Crippen molar-refractivity contribution in [2.75, 3.05) is 31.6 Å². The molecule has 7 nitrogen and oxygen atoms in total. The van der Waals surface area contributed by atoms with Crippen molar-refractivity contribution >= 4 is 22.4 Å². The molecule has 0 bridgehead atoms. The van der Waals surface area contributed by atoms with E-state index in [1.165, 1.54) is 17.5 Å². The van der Waals surface area contributed by atoms with E-state index in [1.54, 1.807) is 12.1 Å². The van der Waals surface area contributed by atoms with E-state index in [0.717, 1.165) is 44.1 Å². The molecule has 8 heteroatoms. The summed E-state index contributed by atoms with van der Waals surface area (Å²) in [6.45, 7) is 6.05. The highest BCUT2D eigenvalue weighted by atomic mass is 32.1. The Morgan fingerprint density at radius 1 is 1.23 bits per heavy atom. The lowest BCUT2D eigenvalue weighted by molar-refractivity contribution is 0.0337. The first-order valence-electron chi connectivity index (χ1n) is 9.91. The van der Waals surface area contributed by atoms with Gasteiger partial charge >= 0.3 is 0 Å². The monoisotopic (exact) mass is 424 g/mol. The summed E-state index contributed by atoms with van der Waals surface area (Å²) in [7, 11) is 0. The number of nitrogens with zero attached hydrogens (tertiary/aromatic N) is 3. The average Bonchev–Trinajstić information content (AvgIpc) is 3.22. The van der Waals surface area contributed by atoms with Gasteiger partial charge in [0.2, 0.25) is 5.88 Å². The van der Waals surface area contributed by atoms with Crippen molar-refractivity contribution in [2.45, 2.75) is 19.6 Å². The van der Waals surface area contributed by atoms with Crippen LogP contribution in [0.3, 0.4) is 0 Å². The summed E-state index contributed by atoms with van der Waals surface area (Å²) in [6, 6.07) is 13.3. The van der Waals surface area contributed by atoms with Gasteiger partial charge < -0.3 is 9.47 Å². The van der Waals surface area contributed by atoms with Crippen molar-refractivity contribution in [1.29, 1.82) is 0 Å². The van der Waals surface area contributed by atoms with Gasteiger partial charge in [-0.05, 0) is 18.6 Å². The number of amides is 1. The number of morpholine rings is 1. The van der Waals surface area contributed by atoms with Gasteiger partial charge in [-0.1, -0.05) is 30.3 Å². The molecule has 1 fully saturated rings. The van der Waals surface area contributed by atoms with E-state index in [9.17, 15) is 4.79 Å². The Morgan fingerprint density at radius 2 is 2.03 bits per heavy atom. The van der Waals surface area contributed by atoms with E-state index in [-0.39, 0.29) is 12.0 Å². The maximum absolute atomic E-state index is 12.5. The zero-order valence-electron chi connectivity index (χ0n) is 16.8. The number of ether oxygens (including phenoxy) is 2. The number of aromatic nitrogens is 2. The fourth-order valence-electron chi connectivity index (χ4n) is 3.15. The number of pyridine rings is 1. The predicted octanol–water partition coefficient (Wildman–Crippen LogP) is 3.76. The number of hydrogen-bond acceptors (Lipinski definition) is 7. The van der Waals surface area contributed by atoms with E-state index in [4.69, 9.17) is 9.47 Å². The van der Waals surface area contributed by atoms with Crippen LogP contribution in [-0.4, -0.2) is 47.1 Å². The Hall–Kier alpha value is -2.81. The minimum Gasteiger partial charge on any atom is -0.470 e. The molecule has 0 radical (unpaired) electrons. The molecule has 2 aromatic heterocycles. The molecule has 0 saturated carbocycles. The summed E-state index contributed by atoms with van der Waals surface area (Å²) in [5, 5.41) is 5.41. The lowest BCUT2D eigenvalue weighted by Gasteiger charge is -2.25. The minimum atomic E-state index is -0.238. The molecule has 3 heterocycles. The van der Waals surface area contributed by atoms with Crippen molar-refractivity contribution in [3.05, 3.63) is 70.9 Å². The predicted molar refractivity (Wildman–Crippen MR) is 116 cm³/mol. The largest absolute Gasteiger partial charge is 0.470 e. The van der Waals surface area contributed by atoms with Gasteiger partial charge in [0.15, 0.2) is 5.13 Å². The first kappa shape index (κ1) is 20.5. The van der Waals surface area contributed by atoms with E-state index in [0.29, 0.717) is 16.6 Å². The van der Waals surface area contributed by atoms with Crippen LogP contribution in [0.15, 0.2) is 54.0 Å². The number of hydrogen-bond donors (Lipinski definition) is 1. The quantitative estimate of drug-likeness (QED) is 0.622. The molecule has 1 amide bonds. The third kappa shape index (κ3) is 5.41. The molecule has 0 spiro atoms. The summed E-state index contributed by atoms with van der Waals surface area (Å²) >= 11 is 1.42. The molecular weight excluding hydrogens is 400 g/mol. The topological polar surface area (TPSA) is 76.6 Å². The molecule has 0 aliphatic carbocycles. The Balaban J connectivity index is 1.31. The minimum absolute atomic E-state index is 0.126. The van der Waals surface area contributed by atoms with Crippen molar-refractivity contribution < 1.29 is 14.3 Å². The molecule has 1 saturated heterocycles. The van der Waals surface area contributed by atoms with E-state index in [2.05, 4.69) is 20.2 Å². The second-order valence-corrected chi connectivity index (χ2v) is 7.90. The van der Waals surface area contributed by atoms with Crippen LogP contribution in [0, 0.1) is 0 Å². The van der Waals surface area contributed by atoms with Crippen LogP contribution in [0.1, 0.15) is 34.6 Å². The van der Waals surface area contributed by atoms with Crippen molar-refractivity contribution in [1.82, 2.24) is 14.9 Å². The average molecular weight is 425 g/mol. The van der Waals surface area contributed by atoms with Crippen LogP contribution in [0.5, 0.6) is 5.88 Å². The Morgan fingerprint density at radius 3 is 2.77 bits per heavy atom. The number of nitrogens with one attached hydrogen (secondary N) is 1. The van der Waals surface area contributed by atoms with Gasteiger partial charge in [0.05, 0.1) is 24.5 Å².